The lowest BCUT2D eigenvalue weighted by Crippen LogP contribution is -2.28. The van der Waals surface area contributed by atoms with E-state index in [4.69, 9.17) is 0 Å². The van der Waals surface area contributed by atoms with Gasteiger partial charge < -0.3 is 20.6 Å². The van der Waals surface area contributed by atoms with Crippen molar-refractivity contribution in [2.24, 2.45) is 7.05 Å². The molecule has 6 rings (SSSR count). The molecule has 14 nitrogen and oxygen atoms in total. The molecule has 6 aromatic heterocycles. The molecular weight excluding hydrogens is 648 g/mol. The van der Waals surface area contributed by atoms with E-state index in [0.29, 0.717) is 38.9 Å². The van der Waals surface area contributed by atoms with Crippen LogP contribution in [0.2, 0.25) is 0 Å². The normalized spacial score (nSPS) is 11.2. The number of hydrogen-bond acceptors (Lipinski definition) is 8. The fourth-order valence-corrected chi connectivity index (χ4v) is 6.19. The van der Waals surface area contributed by atoms with Crippen molar-refractivity contribution in [1.29, 1.82) is 0 Å². The van der Waals surface area contributed by atoms with Crippen molar-refractivity contribution in [3.05, 3.63) is 113 Å². The lowest BCUT2D eigenvalue weighted by Gasteiger charge is -2.10. The summed E-state index contributed by atoms with van der Waals surface area (Å²) in [5.74, 6) is -0.492. The van der Waals surface area contributed by atoms with Gasteiger partial charge in [-0.05, 0) is 97.7 Å². The summed E-state index contributed by atoms with van der Waals surface area (Å²) in [6.45, 7) is 17.3. The van der Waals surface area contributed by atoms with Crippen molar-refractivity contribution in [2.45, 2.75) is 81.4 Å². The Bertz CT molecular complexity index is 2430. The average molecular weight is 693 g/mol. The lowest BCUT2D eigenvalue weighted by atomic mass is 10.1. The molecule has 0 aliphatic rings. The van der Waals surface area contributed by atoms with Crippen LogP contribution in [0.3, 0.4) is 0 Å². The maximum atomic E-state index is 12.8. The summed E-state index contributed by atoms with van der Waals surface area (Å²) in [6.07, 6.45) is 1.67. The van der Waals surface area contributed by atoms with E-state index in [1.165, 1.54) is 0 Å². The summed E-state index contributed by atoms with van der Waals surface area (Å²) in [4.78, 5) is 64.3. The Morgan fingerprint density at radius 2 is 1.24 bits per heavy atom. The van der Waals surface area contributed by atoms with Crippen LogP contribution in [0.15, 0.2) is 40.1 Å². The van der Waals surface area contributed by atoms with Crippen LogP contribution in [0.4, 0.5) is 0 Å². The third-order valence-electron chi connectivity index (χ3n) is 8.61. The summed E-state index contributed by atoms with van der Waals surface area (Å²) < 4.78 is 3.47. The second-order valence-electron chi connectivity index (χ2n) is 13.2. The van der Waals surface area contributed by atoms with Gasteiger partial charge in [0.05, 0.1) is 33.8 Å². The van der Waals surface area contributed by atoms with Gasteiger partial charge in [0.2, 0.25) is 0 Å². The highest BCUT2D eigenvalue weighted by Gasteiger charge is 2.19. The Hall–Kier alpha value is -5.92. The molecule has 0 unspecified atom stereocenters. The summed E-state index contributed by atoms with van der Waals surface area (Å²) in [5, 5.41) is 15.8. The van der Waals surface area contributed by atoms with E-state index in [1.807, 2.05) is 74.4 Å². The molecule has 0 bridgehead atoms. The molecule has 0 spiro atoms. The number of aromatic amines is 2. The number of aromatic nitrogens is 8. The fourth-order valence-electron chi connectivity index (χ4n) is 6.19. The number of fused-ring (bicyclic) bond motifs is 2. The molecule has 0 aliphatic carbocycles. The first-order valence-corrected chi connectivity index (χ1v) is 16.7. The second kappa shape index (κ2) is 14.5. The molecule has 6 heterocycles. The van der Waals surface area contributed by atoms with Crippen LogP contribution < -0.4 is 21.8 Å². The van der Waals surface area contributed by atoms with E-state index in [-0.39, 0.29) is 42.1 Å². The smallest absolute Gasteiger partial charge is 0.253 e. The number of carbonyl (C=O) groups excluding carboxylic acids is 2. The van der Waals surface area contributed by atoms with Gasteiger partial charge in [0.25, 0.3) is 22.9 Å². The zero-order chi connectivity index (χ0) is 37.3. The Morgan fingerprint density at radius 1 is 0.745 bits per heavy atom. The number of nitrogens with one attached hydrogen (secondary N) is 4. The highest BCUT2D eigenvalue weighted by atomic mass is 16.2. The van der Waals surface area contributed by atoms with Gasteiger partial charge >= 0.3 is 0 Å². The summed E-state index contributed by atoms with van der Waals surface area (Å²) in [5.41, 5.74) is 8.72. The van der Waals surface area contributed by atoms with Gasteiger partial charge in [0.15, 0.2) is 11.3 Å². The highest BCUT2D eigenvalue weighted by molar-refractivity contribution is 6.07. The minimum Gasteiger partial charge on any atom is -0.348 e. The van der Waals surface area contributed by atoms with Gasteiger partial charge in [0.1, 0.15) is 0 Å². The van der Waals surface area contributed by atoms with E-state index < -0.39 is 0 Å². The molecule has 4 N–H and O–H groups in total. The number of aryl methyl sites for hydroxylation is 8. The molecule has 0 atom stereocenters. The molecule has 6 aromatic rings. The van der Waals surface area contributed by atoms with Crippen LogP contribution >= 0.6 is 0 Å². The Kier molecular flexibility index (Phi) is 10.3. The summed E-state index contributed by atoms with van der Waals surface area (Å²) in [6, 6.07) is 7.42. The van der Waals surface area contributed by atoms with Crippen molar-refractivity contribution in [3.8, 4) is 0 Å². The zero-order valence-electron chi connectivity index (χ0n) is 30.7. The van der Waals surface area contributed by atoms with Crippen LogP contribution in [-0.4, -0.2) is 51.3 Å². The van der Waals surface area contributed by atoms with Gasteiger partial charge in [-0.1, -0.05) is 0 Å². The minimum atomic E-state index is -0.247. The molecular formula is C37H44N10O4. The van der Waals surface area contributed by atoms with Crippen molar-refractivity contribution < 1.29 is 9.59 Å². The molecule has 0 saturated carbocycles. The van der Waals surface area contributed by atoms with Crippen LogP contribution in [-0.2, 0) is 20.1 Å². The molecule has 0 aromatic carbocycles. The van der Waals surface area contributed by atoms with Gasteiger partial charge in [-0.2, -0.15) is 10.2 Å². The van der Waals surface area contributed by atoms with Gasteiger partial charge in [0, 0.05) is 60.1 Å². The second-order valence-corrected chi connectivity index (χ2v) is 13.2. The van der Waals surface area contributed by atoms with E-state index >= 15 is 0 Å². The van der Waals surface area contributed by atoms with Crippen LogP contribution in [0.25, 0.3) is 22.1 Å². The Morgan fingerprint density at radius 3 is 1.75 bits per heavy atom. The topological polar surface area (TPSA) is 185 Å². The van der Waals surface area contributed by atoms with Crippen LogP contribution in [0, 0.1) is 48.5 Å². The van der Waals surface area contributed by atoms with E-state index in [2.05, 4.69) is 40.8 Å². The molecule has 2 amide bonds. The van der Waals surface area contributed by atoms with Crippen molar-refractivity contribution in [1.82, 2.24) is 50.1 Å². The predicted octanol–water partition coefficient (Wildman–Crippen LogP) is 4.38. The van der Waals surface area contributed by atoms with Gasteiger partial charge in [-0.15, -0.1) is 0 Å². The number of carbonyl (C=O) groups is 2. The molecule has 0 saturated heterocycles. The van der Waals surface area contributed by atoms with Gasteiger partial charge in [-0.25, -0.2) is 14.6 Å². The SMILES string of the molecule is Cc1cc(C(=O)NCc2c(C)cc(C)[nH]c2=O)c2c(C)nn(C)c2n1.Cc1cc(C(=O)NCc2c(C)cc(C)[nH]c2=O)c2cnn(C(C)C)c2n1. The summed E-state index contributed by atoms with van der Waals surface area (Å²) >= 11 is 0. The number of amides is 2. The average Bonchev–Trinajstić information content (AvgIpc) is 3.59. The zero-order valence-corrected chi connectivity index (χ0v) is 30.7. The largest absolute Gasteiger partial charge is 0.348 e. The molecule has 0 radical (unpaired) electrons. The molecule has 0 fully saturated rings. The molecule has 14 heteroatoms. The summed E-state index contributed by atoms with van der Waals surface area (Å²) in [7, 11) is 1.80. The maximum absolute atomic E-state index is 12.8. The first-order valence-electron chi connectivity index (χ1n) is 16.7. The van der Waals surface area contributed by atoms with Gasteiger partial charge in [-0.3, -0.25) is 23.9 Å². The number of hydrogen-bond donors (Lipinski definition) is 4. The third-order valence-corrected chi connectivity index (χ3v) is 8.61. The third kappa shape index (κ3) is 7.64. The monoisotopic (exact) mass is 692 g/mol. The number of H-pyrrole nitrogens is 2. The fraction of sp³-hybridized carbons (Fsp3) is 0.351. The van der Waals surface area contributed by atoms with E-state index in [0.717, 1.165) is 45.0 Å². The van der Waals surface area contributed by atoms with Crippen LogP contribution in [0.5, 0.6) is 0 Å². The highest BCUT2D eigenvalue weighted by Crippen LogP contribution is 2.23. The van der Waals surface area contributed by atoms with E-state index in [9.17, 15) is 19.2 Å². The predicted molar refractivity (Wildman–Crippen MR) is 196 cm³/mol. The van der Waals surface area contributed by atoms with Crippen molar-refractivity contribution in [2.75, 3.05) is 0 Å². The molecule has 51 heavy (non-hydrogen) atoms. The first-order chi connectivity index (χ1) is 24.0. The van der Waals surface area contributed by atoms with Crippen molar-refractivity contribution >= 4 is 33.9 Å². The van der Waals surface area contributed by atoms with Crippen LogP contribution in [0.1, 0.15) is 91.3 Å². The first kappa shape index (κ1) is 36.4. The number of rotatable bonds is 7. The van der Waals surface area contributed by atoms with E-state index in [1.54, 1.807) is 34.7 Å². The number of nitrogens with zero attached hydrogens (tertiary/aromatic N) is 6. The minimum absolute atomic E-state index is 0.145. The molecule has 0 aliphatic heterocycles. The maximum Gasteiger partial charge on any atom is 0.253 e. The standard InChI is InChI=1S/C19H23N5O2.C18H21N5O2/c1-10(2)24-17-16(9-21-24)14(7-13(5)22-17)18(25)20-8-15-11(3)6-12(4)23-19(15)26;1-9-6-10(2)21-18(25)14(9)8-19-17(24)13-7-11(3)20-16-15(13)12(4)22-23(16)5/h6-7,9-10H,8H2,1-5H3,(H,20,25)(H,23,26);6-7H,8H2,1-5H3,(H,19,24)(H,21,25). The Labute approximate surface area is 294 Å². The lowest BCUT2D eigenvalue weighted by molar-refractivity contribution is 0.0944. The molecule has 266 valence electrons. The quantitative estimate of drug-likeness (QED) is 0.190. The number of pyridine rings is 4. The van der Waals surface area contributed by atoms with Crippen molar-refractivity contribution in [3.63, 3.8) is 0 Å². The Balaban J connectivity index is 0.000000198.